The zero-order valence-corrected chi connectivity index (χ0v) is 13.1. The van der Waals surface area contributed by atoms with Gasteiger partial charge in [-0.25, -0.2) is 8.42 Å². The molecule has 6 heteroatoms. The lowest BCUT2D eigenvalue weighted by molar-refractivity contribution is 0.198. The Morgan fingerprint density at radius 1 is 1.20 bits per heavy atom. The number of ether oxygens (including phenoxy) is 2. The molecule has 1 rings (SSSR count). The summed E-state index contributed by atoms with van der Waals surface area (Å²) in [5, 5.41) is 9.09. The quantitative estimate of drug-likeness (QED) is 0.833. The average Bonchev–Trinajstić information content (AvgIpc) is 2.38. The van der Waals surface area contributed by atoms with E-state index in [0.29, 0.717) is 17.1 Å². The van der Waals surface area contributed by atoms with Crippen molar-refractivity contribution in [2.24, 2.45) is 0 Å². The minimum absolute atomic E-state index is 0.0357. The molecule has 1 aromatic rings. The van der Waals surface area contributed by atoms with Crippen LogP contribution in [0.25, 0.3) is 0 Å². The highest BCUT2D eigenvalue weighted by atomic mass is 32.2. The zero-order chi connectivity index (χ0) is 15.3. The van der Waals surface area contributed by atoms with Crippen molar-refractivity contribution < 1.29 is 23.0 Å². The van der Waals surface area contributed by atoms with Crippen LogP contribution < -0.4 is 9.47 Å². The van der Waals surface area contributed by atoms with E-state index in [2.05, 4.69) is 0 Å². The van der Waals surface area contributed by atoms with Crippen LogP contribution in [0.1, 0.15) is 32.4 Å². The summed E-state index contributed by atoms with van der Waals surface area (Å²) in [7, 11) is -1.62. The standard InChI is InChI=1S/C14H22O5S/c1-10(2)20(16,17)8-7-19-13-6-5-12(11(3)15)9-14(13)18-4/h5-6,9-11,15H,7-8H2,1-4H3/t11-/m0/s1. The molecular weight excluding hydrogens is 280 g/mol. The third kappa shape index (κ3) is 4.38. The third-order valence-corrected chi connectivity index (χ3v) is 5.19. The van der Waals surface area contributed by atoms with Gasteiger partial charge in [0.05, 0.1) is 24.2 Å². The van der Waals surface area contributed by atoms with Gasteiger partial charge in [0, 0.05) is 0 Å². The monoisotopic (exact) mass is 302 g/mol. The van der Waals surface area contributed by atoms with Gasteiger partial charge < -0.3 is 14.6 Å². The summed E-state index contributed by atoms with van der Waals surface area (Å²) >= 11 is 0. The van der Waals surface area contributed by atoms with Crippen LogP contribution in [-0.4, -0.2) is 38.2 Å². The Hall–Kier alpha value is -1.27. The van der Waals surface area contributed by atoms with Crippen LogP contribution >= 0.6 is 0 Å². The Labute approximate surface area is 120 Å². The number of sulfone groups is 1. The van der Waals surface area contributed by atoms with Gasteiger partial charge in [0.25, 0.3) is 0 Å². The SMILES string of the molecule is COc1cc([C@H](C)O)ccc1OCCS(=O)(=O)C(C)C. The lowest BCUT2D eigenvalue weighted by Crippen LogP contribution is -2.22. The third-order valence-electron chi connectivity index (χ3n) is 3.01. The number of aliphatic hydroxyl groups excluding tert-OH is 1. The molecule has 0 aliphatic rings. The van der Waals surface area contributed by atoms with Crippen molar-refractivity contribution in [2.75, 3.05) is 19.5 Å². The Bertz CT molecular complexity index is 534. The van der Waals surface area contributed by atoms with E-state index in [-0.39, 0.29) is 12.4 Å². The molecule has 5 nitrogen and oxygen atoms in total. The predicted molar refractivity (Wildman–Crippen MR) is 78.0 cm³/mol. The van der Waals surface area contributed by atoms with Crippen LogP contribution in [0.4, 0.5) is 0 Å². The number of hydrogen-bond donors (Lipinski definition) is 1. The van der Waals surface area contributed by atoms with Crippen LogP contribution in [0.15, 0.2) is 18.2 Å². The minimum atomic E-state index is -3.12. The van der Waals surface area contributed by atoms with Crippen LogP contribution in [0.3, 0.4) is 0 Å². The Balaban J connectivity index is 2.74. The van der Waals surface area contributed by atoms with Gasteiger partial charge in [-0.1, -0.05) is 6.07 Å². The summed E-state index contributed by atoms with van der Waals surface area (Å²) in [4.78, 5) is 0. The zero-order valence-electron chi connectivity index (χ0n) is 12.3. The van der Waals surface area contributed by atoms with Gasteiger partial charge in [0.15, 0.2) is 21.3 Å². The molecule has 1 aromatic carbocycles. The molecule has 0 spiro atoms. The first-order valence-corrected chi connectivity index (χ1v) is 8.20. The highest BCUT2D eigenvalue weighted by molar-refractivity contribution is 7.91. The maximum atomic E-state index is 11.7. The fourth-order valence-electron chi connectivity index (χ4n) is 1.57. The summed E-state index contributed by atoms with van der Waals surface area (Å²) in [6.07, 6.45) is -0.598. The number of benzene rings is 1. The molecule has 0 radical (unpaired) electrons. The Morgan fingerprint density at radius 3 is 2.35 bits per heavy atom. The largest absolute Gasteiger partial charge is 0.493 e. The summed E-state index contributed by atoms with van der Waals surface area (Å²) < 4.78 is 34.0. The highest BCUT2D eigenvalue weighted by Gasteiger charge is 2.16. The summed E-state index contributed by atoms with van der Waals surface area (Å²) in [6.45, 7) is 5.02. The van der Waals surface area contributed by atoms with Crippen LogP contribution in [0.5, 0.6) is 11.5 Å². The molecule has 0 unspecified atom stereocenters. The summed E-state index contributed by atoms with van der Waals surface area (Å²) in [5.74, 6) is 0.910. The van der Waals surface area contributed by atoms with Crippen LogP contribution in [0, 0.1) is 0 Å². The maximum absolute atomic E-state index is 11.7. The maximum Gasteiger partial charge on any atom is 0.161 e. The van der Waals surface area contributed by atoms with Crippen molar-refractivity contribution in [3.8, 4) is 11.5 Å². The number of hydrogen-bond acceptors (Lipinski definition) is 5. The molecule has 0 aliphatic heterocycles. The highest BCUT2D eigenvalue weighted by Crippen LogP contribution is 2.30. The summed E-state index contributed by atoms with van der Waals surface area (Å²) in [5.41, 5.74) is 0.712. The fraction of sp³-hybridized carbons (Fsp3) is 0.571. The molecule has 0 heterocycles. The van der Waals surface area contributed by atoms with Crippen molar-refractivity contribution in [3.05, 3.63) is 23.8 Å². The van der Waals surface area contributed by atoms with E-state index in [0.717, 1.165) is 0 Å². The van der Waals surface area contributed by atoms with E-state index in [1.165, 1.54) is 7.11 Å². The molecule has 0 amide bonds. The predicted octanol–water partition coefficient (Wildman–Crippen LogP) is 1.95. The minimum Gasteiger partial charge on any atom is -0.493 e. The fourth-order valence-corrected chi connectivity index (χ4v) is 2.35. The molecular formula is C14H22O5S. The van der Waals surface area contributed by atoms with E-state index in [4.69, 9.17) is 9.47 Å². The second kappa shape index (κ2) is 6.95. The van der Waals surface area contributed by atoms with Crippen molar-refractivity contribution in [1.29, 1.82) is 0 Å². The normalized spacial score (nSPS) is 13.3. The van der Waals surface area contributed by atoms with E-state index < -0.39 is 21.2 Å². The van der Waals surface area contributed by atoms with E-state index in [1.807, 2.05) is 0 Å². The molecule has 0 aliphatic carbocycles. The van der Waals surface area contributed by atoms with Crippen molar-refractivity contribution in [3.63, 3.8) is 0 Å². The van der Waals surface area contributed by atoms with E-state index in [1.54, 1.807) is 39.0 Å². The molecule has 0 fully saturated rings. The molecule has 114 valence electrons. The van der Waals surface area contributed by atoms with Gasteiger partial charge >= 0.3 is 0 Å². The lowest BCUT2D eigenvalue weighted by Gasteiger charge is -2.14. The first-order valence-electron chi connectivity index (χ1n) is 6.48. The first-order chi connectivity index (χ1) is 9.27. The van der Waals surface area contributed by atoms with Gasteiger partial charge in [-0.2, -0.15) is 0 Å². The van der Waals surface area contributed by atoms with E-state index in [9.17, 15) is 13.5 Å². The smallest absolute Gasteiger partial charge is 0.161 e. The number of aliphatic hydroxyl groups is 1. The van der Waals surface area contributed by atoms with Crippen molar-refractivity contribution in [1.82, 2.24) is 0 Å². The van der Waals surface area contributed by atoms with Gasteiger partial charge in [-0.15, -0.1) is 0 Å². The molecule has 20 heavy (non-hydrogen) atoms. The van der Waals surface area contributed by atoms with Gasteiger partial charge in [0.2, 0.25) is 0 Å². The number of methoxy groups -OCH3 is 1. The van der Waals surface area contributed by atoms with E-state index >= 15 is 0 Å². The molecule has 0 saturated carbocycles. The average molecular weight is 302 g/mol. The second-order valence-corrected chi connectivity index (χ2v) is 7.53. The van der Waals surface area contributed by atoms with Gasteiger partial charge in [-0.05, 0) is 38.5 Å². The van der Waals surface area contributed by atoms with Gasteiger partial charge in [-0.3, -0.25) is 0 Å². The lowest BCUT2D eigenvalue weighted by atomic mass is 10.1. The van der Waals surface area contributed by atoms with Crippen LogP contribution in [0.2, 0.25) is 0 Å². The molecule has 1 N–H and O–H groups in total. The Morgan fingerprint density at radius 2 is 1.85 bits per heavy atom. The topological polar surface area (TPSA) is 72.8 Å². The summed E-state index contributed by atoms with van der Waals surface area (Å²) in [6, 6.07) is 5.07. The van der Waals surface area contributed by atoms with Crippen molar-refractivity contribution >= 4 is 9.84 Å². The van der Waals surface area contributed by atoms with Crippen LogP contribution in [-0.2, 0) is 9.84 Å². The number of rotatable bonds is 7. The molecule has 0 bridgehead atoms. The van der Waals surface area contributed by atoms with Gasteiger partial charge in [0.1, 0.15) is 6.61 Å². The molecule has 0 saturated heterocycles. The first kappa shape index (κ1) is 16.8. The Kier molecular flexibility index (Phi) is 5.83. The second-order valence-electron chi connectivity index (χ2n) is 4.85. The van der Waals surface area contributed by atoms with Crippen molar-refractivity contribution in [2.45, 2.75) is 32.1 Å². The molecule has 1 atom stereocenters. The molecule has 0 aromatic heterocycles.